The highest BCUT2D eigenvalue weighted by Crippen LogP contribution is 2.33. The summed E-state index contributed by atoms with van der Waals surface area (Å²) in [6.45, 7) is 2.13. The quantitative estimate of drug-likeness (QED) is 0.577. The maximum atomic E-state index is 11.5. The van der Waals surface area contributed by atoms with Crippen molar-refractivity contribution in [3.63, 3.8) is 0 Å². The number of rotatable bonds is 5. The number of nitrogens with zero attached hydrogens (tertiary/aromatic N) is 2. The SMILES string of the molecule is CCc1nc(SCc2ccc(C(=O)OC)cc2)c(C#N)c2c1CCCC2. The fourth-order valence-corrected chi connectivity index (χ4v) is 4.38. The van der Waals surface area contributed by atoms with Crippen LogP contribution in [0.3, 0.4) is 0 Å². The molecule has 1 heterocycles. The van der Waals surface area contributed by atoms with Crippen LogP contribution in [0.1, 0.15) is 58.1 Å². The van der Waals surface area contributed by atoms with E-state index in [0.29, 0.717) is 11.3 Å². The molecule has 0 N–H and O–H groups in total. The van der Waals surface area contributed by atoms with Gasteiger partial charge < -0.3 is 4.74 Å². The molecular weight excluding hydrogens is 344 g/mol. The van der Waals surface area contributed by atoms with Crippen molar-refractivity contribution in [2.75, 3.05) is 7.11 Å². The van der Waals surface area contributed by atoms with Crippen molar-refractivity contribution in [1.29, 1.82) is 5.26 Å². The van der Waals surface area contributed by atoms with Gasteiger partial charge in [-0.1, -0.05) is 19.1 Å². The topological polar surface area (TPSA) is 63.0 Å². The van der Waals surface area contributed by atoms with Crippen molar-refractivity contribution < 1.29 is 9.53 Å². The minimum atomic E-state index is -0.333. The minimum absolute atomic E-state index is 0.333. The van der Waals surface area contributed by atoms with Crippen LogP contribution in [-0.2, 0) is 29.8 Å². The maximum absolute atomic E-state index is 11.5. The molecule has 0 fully saturated rings. The van der Waals surface area contributed by atoms with Crippen LogP contribution in [0.25, 0.3) is 0 Å². The lowest BCUT2D eigenvalue weighted by atomic mass is 9.87. The lowest BCUT2D eigenvalue weighted by molar-refractivity contribution is 0.0600. The number of aryl methyl sites for hydroxylation is 1. The molecular formula is C21H22N2O2S. The van der Waals surface area contributed by atoms with Crippen LogP contribution in [0.4, 0.5) is 0 Å². The zero-order valence-corrected chi connectivity index (χ0v) is 16.0. The van der Waals surface area contributed by atoms with Gasteiger partial charge in [0.05, 0.1) is 18.2 Å². The number of hydrogen-bond donors (Lipinski definition) is 0. The lowest BCUT2D eigenvalue weighted by Gasteiger charge is -2.21. The Labute approximate surface area is 158 Å². The second-order valence-electron chi connectivity index (χ2n) is 6.35. The summed E-state index contributed by atoms with van der Waals surface area (Å²) < 4.78 is 4.72. The van der Waals surface area contributed by atoms with Crippen molar-refractivity contribution in [3.05, 3.63) is 57.8 Å². The van der Waals surface area contributed by atoms with Crippen molar-refractivity contribution >= 4 is 17.7 Å². The van der Waals surface area contributed by atoms with E-state index in [1.54, 1.807) is 23.9 Å². The van der Waals surface area contributed by atoms with Gasteiger partial charge >= 0.3 is 5.97 Å². The summed E-state index contributed by atoms with van der Waals surface area (Å²) in [7, 11) is 1.38. The normalized spacial score (nSPS) is 13.0. The molecule has 1 aliphatic rings. The number of carbonyl (C=O) groups excluding carboxylic acids is 1. The molecule has 0 saturated heterocycles. The van der Waals surface area contributed by atoms with Gasteiger partial charge in [0.25, 0.3) is 0 Å². The number of carbonyl (C=O) groups is 1. The summed E-state index contributed by atoms with van der Waals surface area (Å²) >= 11 is 1.60. The summed E-state index contributed by atoms with van der Waals surface area (Å²) in [4.78, 5) is 16.3. The molecule has 3 rings (SSSR count). The molecule has 0 aliphatic heterocycles. The van der Waals surface area contributed by atoms with E-state index < -0.39 is 0 Å². The molecule has 0 spiro atoms. The van der Waals surface area contributed by atoms with Gasteiger partial charge in [-0.3, -0.25) is 0 Å². The lowest BCUT2D eigenvalue weighted by Crippen LogP contribution is -2.12. The number of aromatic nitrogens is 1. The Kier molecular flexibility index (Phi) is 5.95. The van der Waals surface area contributed by atoms with Crippen molar-refractivity contribution in [2.24, 2.45) is 0 Å². The van der Waals surface area contributed by atoms with E-state index in [1.165, 1.54) is 24.7 Å². The third-order valence-electron chi connectivity index (χ3n) is 4.77. The molecule has 26 heavy (non-hydrogen) atoms. The van der Waals surface area contributed by atoms with Crippen LogP contribution >= 0.6 is 11.8 Å². The highest BCUT2D eigenvalue weighted by Gasteiger charge is 2.21. The number of esters is 1. The molecule has 0 saturated carbocycles. The minimum Gasteiger partial charge on any atom is -0.465 e. The Morgan fingerprint density at radius 1 is 1.23 bits per heavy atom. The average molecular weight is 366 g/mol. The second-order valence-corrected chi connectivity index (χ2v) is 7.31. The monoisotopic (exact) mass is 366 g/mol. The van der Waals surface area contributed by atoms with E-state index in [4.69, 9.17) is 9.72 Å². The van der Waals surface area contributed by atoms with E-state index >= 15 is 0 Å². The number of nitriles is 1. The fourth-order valence-electron chi connectivity index (χ4n) is 3.39. The van der Waals surface area contributed by atoms with Gasteiger partial charge in [-0.25, -0.2) is 9.78 Å². The van der Waals surface area contributed by atoms with E-state index in [-0.39, 0.29) is 5.97 Å². The van der Waals surface area contributed by atoms with Crippen molar-refractivity contribution in [1.82, 2.24) is 4.98 Å². The Balaban J connectivity index is 1.83. The number of hydrogen-bond acceptors (Lipinski definition) is 5. The first-order valence-electron chi connectivity index (χ1n) is 8.92. The van der Waals surface area contributed by atoms with Crippen LogP contribution in [0.2, 0.25) is 0 Å². The molecule has 5 heteroatoms. The number of fused-ring (bicyclic) bond motifs is 1. The van der Waals surface area contributed by atoms with Gasteiger partial charge in [0.1, 0.15) is 11.1 Å². The maximum Gasteiger partial charge on any atom is 0.337 e. The molecule has 0 atom stereocenters. The van der Waals surface area contributed by atoms with Crippen LogP contribution in [0, 0.1) is 11.3 Å². The number of thioether (sulfide) groups is 1. The fraction of sp³-hybridized carbons (Fsp3) is 0.381. The smallest absolute Gasteiger partial charge is 0.337 e. The molecule has 1 aromatic heterocycles. The summed E-state index contributed by atoms with van der Waals surface area (Å²) in [5.41, 5.74) is 6.05. The molecule has 0 radical (unpaired) electrons. The van der Waals surface area contributed by atoms with Crippen molar-refractivity contribution in [2.45, 2.75) is 49.8 Å². The highest BCUT2D eigenvalue weighted by molar-refractivity contribution is 7.98. The molecule has 134 valence electrons. The number of pyridine rings is 1. The molecule has 2 aromatic rings. The first kappa shape index (κ1) is 18.5. The Hall–Kier alpha value is -2.32. The summed E-state index contributed by atoms with van der Waals surface area (Å²) in [5, 5.41) is 10.5. The first-order valence-corrected chi connectivity index (χ1v) is 9.91. The molecule has 4 nitrogen and oxygen atoms in total. The standard InChI is InChI=1S/C21H22N2O2S/c1-3-19-17-7-5-4-6-16(17)18(12-22)20(23-19)26-13-14-8-10-15(11-9-14)21(24)25-2/h8-11H,3-7,13H2,1-2H3. The summed E-state index contributed by atoms with van der Waals surface area (Å²) in [6, 6.07) is 9.78. The molecule has 0 bridgehead atoms. The number of methoxy groups -OCH3 is 1. The van der Waals surface area contributed by atoms with Gasteiger partial charge in [-0.15, -0.1) is 11.8 Å². The highest BCUT2D eigenvalue weighted by atomic mass is 32.2. The van der Waals surface area contributed by atoms with Gasteiger partial charge in [0.15, 0.2) is 0 Å². The van der Waals surface area contributed by atoms with Gasteiger partial charge in [-0.2, -0.15) is 5.26 Å². The van der Waals surface area contributed by atoms with E-state index in [9.17, 15) is 10.1 Å². The van der Waals surface area contributed by atoms with Gasteiger partial charge in [-0.05, 0) is 60.9 Å². The molecule has 0 unspecified atom stereocenters. The van der Waals surface area contributed by atoms with Crippen molar-refractivity contribution in [3.8, 4) is 6.07 Å². The molecule has 0 amide bonds. The van der Waals surface area contributed by atoms with E-state index in [2.05, 4.69) is 13.0 Å². The third-order valence-corrected chi connectivity index (χ3v) is 5.81. The first-order chi connectivity index (χ1) is 12.7. The van der Waals surface area contributed by atoms with E-state index in [1.807, 2.05) is 12.1 Å². The van der Waals surface area contributed by atoms with Gasteiger partial charge in [0.2, 0.25) is 0 Å². The predicted molar refractivity (Wildman–Crippen MR) is 102 cm³/mol. The Bertz CT molecular complexity index is 854. The van der Waals surface area contributed by atoms with Gasteiger partial charge in [0, 0.05) is 11.4 Å². The van der Waals surface area contributed by atoms with E-state index in [0.717, 1.165) is 47.5 Å². The molecule has 1 aromatic carbocycles. The Morgan fingerprint density at radius 3 is 2.54 bits per heavy atom. The van der Waals surface area contributed by atoms with Crippen LogP contribution in [0.5, 0.6) is 0 Å². The largest absolute Gasteiger partial charge is 0.465 e. The Morgan fingerprint density at radius 2 is 1.92 bits per heavy atom. The third kappa shape index (κ3) is 3.76. The van der Waals surface area contributed by atoms with Crippen LogP contribution in [-0.4, -0.2) is 18.1 Å². The summed E-state index contributed by atoms with van der Waals surface area (Å²) in [6.07, 6.45) is 5.25. The zero-order chi connectivity index (χ0) is 18.5. The number of benzene rings is 1. The van der Waals surface area contributed by atoms with Crippen LogP contribution in [0.15, 0.2) is 29.3 Å². The second kappa shape index (κ2) is 8.37. The zero-order valence-electron chi connectivity index (χ0n) is 15.2. The summed E-state index contributed by atoms with van der Waals surface area (Å²) in [5.74, 6) is 0.380. The predicted octanol–water partition coefficient (Wildman–Crippen LogP) is 4.47. The average Bonchev–Trinajstić information content (AvgIpc) is 2.71. The van der Waals surface area contributed by atoms with Crippen LogP contribution < -0.4 is 0 Å². The molecule has 1 aliphatic carbocycles. The number of ether oxygens (including phenoxy) is 1.